The lowest BCUT2D eigenvalue weighted by Gasteiger charge is -2.21. The summed E-state index contributed by atoms with van der Waals surface area (Å²) < 4.78 is 5.18. The maximum Gasteiger partial charge on any atom is 0.240 e. The summed E-state index contributed by atoms with van der Waals surface area (Å²) in [5.74, 6) is 0.829. The van der Waals surface area contributed by atoms with Gasteiger partial charge in [-0.3, -0.25) is 4.79 Å². The third-order valence-electron chi connectivity index (χ3n) is 4.45. The van der Waals surface area contributed by atoms with Crippen LogP contribution in [0, 0.1) is 0 Å². The fourth-order valence-electron chi connectivity index (χ4n) is 2.98. The predicted molar refractivity (Wildman–Crippen MR) is 93.5 cm³/mol. The first-order valence-corrected chi connectivity index (χ1v) is 8.78. The van der Waals surface area contributed by atoms with Gasteiger partial charge in [-0.25, -0.2) is 0 Å². The molecule has 5 heteroatoms. The van der Waals surface area contributed by atoms with E-state index in [0.29, 0.717) is 6.54 Å². The molecule has 3 rings (SSSR count). The van der Waals surface area contributed by atoms with E-state index in [9.17, 15) is 4.79 Å². The summed E-state index contributed by atoms with van der Waals surface area (Å²) in [6.45, 7) is 0.540. The number of methoxy groups -OCH3 is 1. The molecule has 0 saturated heterocycles. The minimum Gasteiger partial charge on any atom is -0.497 e. The molecule has 1 aliphatic rings. The second-order valence-corrected chi connectivity index (χ2v) is 7.07. The van der Waals surface area contributed by atoms with Gasteiger partial charge in [-0.2, -0.15) is 0 Å². The molecule has 1 aliphatic carbocycles. The van der Waals surface area contributed by atoms with Gasteiger partial charge in [0.25, 0.3) is 0 Å². The van der Waals surface area contributed by atoms with E-state index in [-0.39, 0.29) is 5.91 Å². The number of nitrogens with one attached hydrogen (secondary N) is 1. The Morgan fingerprint density at radius 3 is 2.61 bits per heavy atom. The molecule has 3 N–H and O–H groups in total. The van der Waals surface area contributed by atoms with Gasteiger partial charge in [0, 0.05) is 4.88 Å². The lowest BCUT2D eigenvalue weighted by Crippen LogP contribution is -2.51. The van der Waals surface area contributed by atoms with Gasteiger partial charge in [-0.1, -0.05) is 25.0 Å². The number of hydrogen-bond donors (Lipinski definition) is 2. The van der Waals surface area contributed by atoms with Crippen molar-refractivity contribution in [2.75, 3.05) is 7.11 Å². The second kappa shape index (κ2) is 6.72. The third-order valence-corrected chi connectivity index (χ3v) is 5.38. The number of carbonyl (C=O) groups is 1. The van der Waals surface area contributed by atoms with Crippen LogP contribution in [0.3, 0.4) is 0 Å². The molecule has 2 aromatic rings. The van der Waals surface area contributed by atoms with Crippen molar-refractivity contribution in [3.63, 3.8) is 0 Å². The summed E-state index contributed by atoms with van der Waals surface area (Å²) in [6, 6.07) is 10.1. The number of carbonyl (C=O) groups excluding carboxylic acids is 1. The van der Waals surface area contributed by atoms with Crippen molar-refractivity contribution >= 4 is 17.2 Å². The molecule has 0 spiro atoms. The van der Waals surface area contributed by atoms with Crippen LogP contribution < -0.4 is 15.8 Å². The first kappa shape index (κ1) is 16.0. The van der Waals surface area contributed by atoms with Gasteiger partial charge in [0.05, 0.1) is 19.2 Å². The van der Waals surface area contributed by atoms with Crippen LogP contribution in [0.1, 0.15) is 30.6 Å². The van der Waals surface area contributed by atoms with Gasteiger partial charge in [-0.05, 0) is 47.5 Å². The molecular weight excluding hydrogens is 308 g/mol. The zero-order valence-corrected chi connectivity index (χ0v) is 14.1. The van der Waals surface area contributed by atoms with Crippen LogP contribution in [0.5, 0.6) is 5.75 Å². The topological polar surface area (TPSA) is 64.3 Å². The Labute approximate surface area is 140 Å². The van der Waals surface area contributed by atoms with Crippen LogP contribution in [-0.2, 0) is 11.3 Å². The summed E-state index contributed by atoms with van der Waals surface area (Å²) in [7, 11) is 1.66. The number of amides is 1. The van der Waals surface area contributed by atoms with Crippen molar-refractivity contribution in [2.45, 2.75) is 37.8 Å². The first-order chi connectivity index (χ1) is 11.1. The molecule has 1 fully saturated rings. The molecular formula is C18H22N2O2S. The highest BCUT2D eigenvalue weighted by Gasteiger charge is 2.36. The summed E-state index contributed by atoms with van der Waals surface area (Å²) in [5.41, 5.74) is 7.81. The van der Waals surface area contributed by atoms with Gasteiger partial charge in [0.2, 0.25) is 5.91 Å². The molecule has 23 heavy (non-hydrogen) atoms. The van der Waals surface area contributed by atoms with Crippen molar-refractivity contribution in [3.05, 3.63) is 40.6 Å². The highest BCUT2D eigenvalue weighted by molar-refractivity contribution is 7.10. The van der Waals surface area contributed by atoms with Crippen LogP contribution in [0.2, 0.25) is 0 Å². The van der Waals surface area contributed by atoms with E-state index in [0.717, 1.165) is 47.4 Å². The highest BCUT2D eigenvalue weighted by Crippen LogP contribution is 2.29. The van der Waals surface area contributed by atoms with E-state index in [1.54, 1.807) is 18.4 Å². The molecule has 1 aromatic carbocycles. The van der Waals surface area contributed by atoms with Crippen LogP contribution in [0.15, 0.2) is 35.7 Å². The van der Waals surface area contributed by atoms with E-state index >= 15 is 0 Å². The van der Waals surface area contributed by atoms with E-state index in [1.807, 2.05) is 24.3 Å². The SMILES string of the molecule is COc1ccc(-c2csc(CNC(=O)C3(N)CCCC3)c2)cc1. The van der Waals surface area contributed by atoms with Crippen molar-refractivity contribution < 1.29 is 9.53 Å². The molecule has 0 aliphatic heterocycles. The zero-order chi connectivity index (χ0) is 16.3. The Hall–Kier alpha value is -1.85. The molecule has 1 aromatic heterocycles. The van der Waals surface area contributed by atoms with E-state index in [2.05, 4.69) is 16.8 Å². The number of hydrogen-bond acceptors (Lipinski definition) is 4. The number of ether oxygens (including phenoxy) is 1. The predicted octanol–water partition coefficient (Wildman–Crippen LogP) is 3.31. The maximum absolute atomic E-state index is 12.2. The normalized spacial score (nSPS) is 16.3. The van der Waals surface area contributed by atoms with Crippen molar-refractivity contribution in [1.82, 2.24) is 5.32 Å². The lowest BCUT2D eigenvalue weighted by atomic mass is 9.98. The molecule has 4 nitrogen and oxygen atoms in total. The van der Waals surface area contributed by atoms with Gasteiger partial charge in [-0.15, -0.1) is 11.3 Å². The minimum absolute atomic E-state index is 0.0191. The van der Waals surface area contributed by atoms with Gasteiger partial charge >= 0.3 is 0 Å². The number of rotatable bonds is 5. The Bertz CT molecular complexity index is 673. The molecule has 0 radical (unpaired) electrons. The van der Waals surface area contributed by atoms with Crippen molar-refractivity contribution in [1.29, 1.82) is 0 Å². The Morgan fingerprint density at radius 2 is 1.96 bits per heavy atom. The van der Waals surface area contributed by atoms with Crippen LogP contribution in [0.25, 0.3) is 11.1 Å². The third kappa shape index (κ3) is 3.57. The standard InChI is InChI=1S/C18H22N2O2S/c1-22-15-6-4-13(5-7-15)14-10-16(23-12-14)11-20-17(21)18(19)8-2-3-9-18/h4-7,10,12H,2-3,8-9,11,19H2,1H3,(H,20,21). The monoisotopic (exact) mass is 330 g/mol. The Kier molecular flexibility index (Phi) is 4.68. The van der Waals surface area contributed by atoms with Gasteiger partial charge in [0.15, 0.2) is 0 Å². The van der Waals surface area contributed by atoms with Crippen LogP contribution in [0.4, 0.5) is 0 Å². The van der Waals surface area contributed by atoms with Gasteiger partial charge < -0.3 is 15.8 Å². The fourth-order valence-corrected chi connectivity index (χ4v) is 3.82. The number of nitrogens with two attached hydrogens (primary N) is 1. The lowest BCUT2D eigenvalue weighted by molar-refractivity contribution is -0.126. The summed E-state index contributed by atoms with van der Waals surface area (Å²) in [4.78, 5) is 13.4. The summed E-state index contributed by atoms with van der Waals surface area (Å²) in [6.07, 6.45) is 3.68. The first-order valence-electron chi connectivity index (χ1n) is 7.90. The van der Waals surface area contributed by atoms with Gasteiger partial charge in [0.1, 0.15) is 5.75 Å². The smallest absolute Gasteiger partial charge is 0.240 e. The maximum atomic E-state index is 12.2. The fraction of sp³-hybridized carbons (Fsp3) is 0.389. The largest absolute Gasteiger partial charge is 0.497 e. The van der Waals surface area contributed by atoms with E-state index in [4.69, 9.17) is 10.5 Å². The molecule has 0 unspecified atom stereocenters. The second-order valence-electron chi connectivity index (χ2n) is 6.08. The van der Waals surface area contributed by atoms with Crippen LogP contribution in [-0.4, -0.2) is 18.6 Å². The summed E-state index contributed by atoms with van der Waals surface area (Å²) >= 11 is 1.65. The Balaban J connectivity index is 1.61. The Morgan fingerprint density at radius 1 is 1.26 bits per heavy atom. The number of benzene rings is 1. The number of thiophene rings is 1. The average molecular weight is 330 g/mol. The van der Waals surface area contributed by atoms with E-state index in [1.165, 1.54) is 0 Å². The molecule has 1 heterocycles. The minimum atomic E-state index is -0.657. The molecule has 1 saturated carbocycles. The molecule has 1 amide bonds. The van der Waals surface area contributed by atoms with Crippen LogP contribution >= 0.6 is 11.3 Å². The molecule has 0 bridgehead atoms. The van der Waals surface area contributed by atoms with Crippen molar-refractivity contribution in [2.24, 2.45) is 5.73 Å². The van der Waals surface area contributed by atoms with E-state index < -0.39 is 5.54 Å². The quantitative estimate of drug-likeness (QED) is 0.884. The zero-order valence-electron chi connectivity index (χ0n) is 13.3. The molecule has 0 atom stereocenters. The summed E-state index contributed by atoms with van der Waals surface area (Å²) in [5, 5.41) is 5.10. The molecule has 122 valence electrons. The van der Waals surface area contributed by atoms with Crippen molar-refractivity contribution in [3.8, 4) is 16.9 Å². The average Bonchev–Trinajstić information content (AvgIpc) is 3.22. The highest BCUT2D eigenvalue weighted by atomic mass is 32.1.